The number of halogens is 1. The van der Waals surface area contributed by atoms with E-state index in [-0.39, 0.29) is 18.3 Å². The zero-order valence-electron chi connectivity index (χ0n) is 5.39. The average Bonchev–Trinajstić information content (AvgIpc) is 2.14. The smallest absolute Gasteiger partial charge is 0.235 e. The lowest BCUT2D eigenvalue weighted by Crippen LogP contribution is -2.32. The molecular weight excluding hydrogens is 140 g/mol. The number of nitrogens with one attached hydrogen (secondary N) is 1. The predicted octanol–water partition coefficient (Wildman–Crippen LogP) is 0.165. The average molecular weight is 151 g/mol. The van der Waals surface area contributed by atoms with Gasteiger partial charge in [-0.3, -0.25) is 10.2 Å². The summed E-state index contributed by atoms with van der Waals surface area (Å²) in [6.07, 6.45) is 0.661. The molecule has 1 heterocycles. The van der Waals surface area contributed by atoms with Crippen LogP contribution in [0.5, 0.6) is 0 Å². The fraction of sp³-hybridized carbons (Fsp3) is 0.800. The van der Waals surface area contributed by atoms with Crippen molar-refractivity contribution in [2.45, 2.75) is 13.3 Å². The third-order valence-electron chi connectivity index (χ3n) is 1.27. The van der Waals surface area contributed by atoms with Crippen molar-refractivity contribution in [2.24, 2.45) is 0 Å². The van der Waals surface area contributed by atoms with Crippen LogP contribution in [0.3, 0.4) is 0 Å². The van der Waals surface area contributed by atoms with Crippen molar-refractivity contribution in [3.8, 4) is 0 Å². The molecule has 3 nitrogen and oxygen atoms in total. The fourth-order valence-electron chi connectivity index (χ4n) is 0.762. The number of carbonyl (C=O) groups excluding carboxylic acids is 1. The van der Waals surface area contributed by atoms with Gasteiger partial charge in [0.2, 0.25) is 5.91 Å². The zero-order valence-corrected chi connectivity index (χ0v) is 6.20. The highest BCUT2D eigenvalue weighted by atomic mass is 35.5. The van der Waals surface area contributed by atoms with Crippen molar-refractivity contribution in [1.29, 1.82) is 0 Å². The number of amides is 1. The van der Waals surface area contributed by atoms with Gasteiger partial charge in [-0.15, -0.1) is 12.4 Å². The van der Waals surface area contributed by atoms with Crippen molar-refractivity contribution < 1.29 is 4.79 Å². The van der Waals surface area contributed by atoms with Crippen LogP contribution in [-0.4, -0.2) is 24.0 Å². The SMILES string of the molecule is CCN1CCC(=O)N1.Cl. The Kier molecular flexibility index (Phi) is 3.58. The molecule has 1 amide bonds. The molecule has 0 aliphatic carbocycles. The van der Waals surface area contributed by atoms with Gasteiger partial charge in [-0.2, -0.15) is 0 Å². The molecule has 0 aromatic heterocycles. The molecule has 0 bridgehead atoms. The molecule has 4 heteroatoms. The summed E-state index contributed by atoms with van der Waals surface area (Å²) in [5.74, 6) is 0.145. The van der Waals surface area contributed by atoms with Crippen LogP contribution in [0.2, 0.25) is 0 Å². The Hall–Kier alpha value is -0.280. The second-order valence-electron chi connectivity index (χ2n) is 1.86. The molecule has 1 N–H and O–H groups in total. The third kappa shape index (κ3) is 2.20. The lowest BCUT2D eigenvalue weighted by molar-refractivity contribution is -0.120. The summed E-state index contributed by atoms with van der Waals surface area (Å²) in [5.41, 5.74) is 2.70. The van der Waals surface area contributed by atoms with Gasteiger partial charge in [-0.05, 0) is 0 Å². The summed E-state index contributed by atoms with van der Waals surface area (Å²) >= 11 is 0. The highest BCUT2D eigenvalue weighted by Gasteiger charge is 2.14. The van der Waals surface area contributed by atoms with E-state index in [4.69, 9.17) is 0 Å². The van der Waals surface area contributed by atoms with Crippen LogP contribution in [0.4, 0.5) is 0 Å². The molecule has 0 atom stereocenters. The minimum atomic E-state index is 0. The van der Waals surface area contributed by atoms with Crippen LogP contribution in [0.15, 0.2) is 0 Å². The largest absolute Gasteiger partial charge is 0.289 e. The quantitative estimate of drug-likeness (QED) is 0.578. The van der Waals surface area contributed by atoms with Crippen molar-refractivity contribution in [3.63, 3.8) is 0 Å². The minimum absolute atomic E-state index is 0. The van der Waals surface area contributed by atoms with Gasteiger partial charge in [-0.25, -0.2) is 5.01 Å². The molecule has 1 aliphatic rings. The standard InChI is InChI=1S/C5H10N2O.ClH/c1-2-7-4-3-5(8)6-7;/h2-4H2,1H3,(H,6,8);1H. The summed E-state index contributed by atoms with van der Waals surface area (Å²) < 4.78 is 0. The molecule has 9 heavy (non-hydrogen) atoms. The Morgan fingerprint density at radius 3 is 2.67 bits per heavy atom. The molecular formula is C5H11ClN2O. The Morgan fingerprint density at radius 2 is 2.44 bits per heavy atom. The van der Waals surface area contributed by atoms with Gasteiger partial charge in [-0.1, -0.05) is 6.92 Å². The Labute approximate surface area is 60.8 Å². The first kappa shape index (κ1) is 8.72. The molecule has 0 saturated carbocycles. The summed E-state index contributed by atoms with van der Waals surface area (Å²) in [7, 11) is 0. The van der Waals surface area contributed by atoms with Gasteiger partial charge in [0.15, 0.2) is 0 Å². The van der Waals surface area contributed by atoms with Crippen LogP contribution in [-0.2, 0) is 4.79 Å². The highest BCUT2D eigenvalue weighted by Crippen LogP contribution is 1.94. The van der Waals surface area contributed by atoms with Gasteiger partial charge in [0.1, 0.15) is 0 Å². The van der Waals surface area contributed by atoms with Crippen LogP contribution in [0.1, 0.15) is 13.3 Å². The molecule has 54 valence electrons. The maximum atomic E-state index is 10.5. The van der Waals surface area contributed by atoms with E-state index < -0.39 is 0 Å². The number of hydrogen-bond acceptors (Lipinski definition) is 2. The van der Waals surface area contributed by atoms with Crippen molar-refractivity contribution in [2.75, 3.05) is 13.1 Å². The fourth-order valence-corrected chi connectivity index (χ4v) is 0.762. The number of carbonyl (C=O) groups is 1. The lowest BCUT2D eigenvalue weighted by atomic mass is 10.4. The molecule has 1 rings (SSSR count). The molecule has 1 fully saturated rings. The monoisotopic (exact) mass is 150 g/mol. The molecule has 0 aromatic carbocycles. The molecule has 0 aromatic rings. The van der Waals surface area contributed by atoms with Crippen molar-refractivity contribution in [3.05, 3.63) is 0 Å². The topological polar surface area (TPSA) is 32.3 Å². The van der Waals surface area contributed by atoms with Gasteiger partial charge in [0, 0.05) is 19.5 Å². The lowest BCUT2D eigenvalue weighted by Gasteiger charge is -2.09. The second-order valence-corrected chi connectivity index (χ2v) is 1.86. The van der Waals surface area contributed by atoms with E-state index in [1.54, 1.807) is 0 Å². The van der Waals surface area contributed by atoms with Crippen LogP contribution < -0.4 is 5.43 Å². The van der Waals surface area contributed by atoms with E-state index in [2.05, 4.69) is 5.43 Å². The third-order valence-corrected chi connectivity index (χ3v) is 1.27. The zero-order chi connectivity index (χ0) is 5.98. The van der Waals surface area contributed by atoms with Crippen LogP contribution in [0.25, 0.3) is 0 Å². The summed E-state index contributed by atoms with van der Waals surface area (Å²) in [4.78, 5) is 10.5. The number of nitrogens with zero attached hydrogens (tertiary/aromatic N) is 1. The van der Waals surface area contributed by atoms with E-state index in [1.807, 2.05) is 11.9 Å². The van der Waals surface area contributed by atoms with Crippen molar-refractivity contribution in [1.82, 2.24) is 10.4 Å². The molecule has 1 saturated heterocycles. The van der Waals surface area contributed by atoms with Gasteiger partial charge in [0.25, 0.3) is 0 Å². The van der Waals surface area contributed by atoms with Crippen LogP contribution >= 0.6 is 12.4 Å². The van der Waals surface area contributed by atoms with Crippen LogP contribution in [0, 0.1) is 0 Å². The predicted molar refractivity (Wildman–Crippen MR) is 37.3 cm³/mol. The molecule has 0 unspecified atom stereocenters. The first-order valence-corrected chi connectivity index (χ1v) is 2.87. The maximum Gasteiger partial charge on any atom is 0.235 e. The van der Waals surface area contributed by atoms with Crippen molar-refractivity contribution >= 4 is 18.3 Å². The van der Waals surface area contributed by atoms with E-state index in [0.29, 0.717) is 6.42 Å². The first-order valence-electron chi connectivity index (χ1n) is 2.87. The molecule has 0 radical (unpaired) electrons. The normalized spacial score (nSPS) is 19.0. The first-order chi connectivity index (χ1) is 3.83. The van der Waals surface area contributed by atoms with E-state index >= 15 is 0 Å². The Morgan fingerprint density at radius 1 is 1.78 bits per heavy atom. The summed E-state index contributed by atoms with van der Waals surface area (Å²) in [5, 5.41) is 1.91. The van der Waals surface area contributed by atoms with E-state index in [0.717, 1.165) is 13.1 Å². The van der Waals surface area contributed by atoms with Gasteiger partial charge >= 0.3 is 0 Å². The maximum absolute atomic E-state index is 10.5. The Balaban J connectivity index is 0.000000640. The molecule has 0 spiro atoms. The summed E-state index contributed by atoms with van der Waals surface area (Å²) in [6, 6.07) is 0. The summed E-state index contributed by atoms with van der Waals surface area (Å²) in [6.45, 7) is 3.80. The Bertz CT molecular complexity index is 107. The number of hydrogen-bond donors (Lipinski definition) is 1. The second kappa shape index (κ2) is 3.69. The van der Waals surface area contributed by atoms with Gasteiger partial charge < -0.3 is 0 Å². The van der Waals surface area contributed by atoms with Gasteiger partial charge in [0.05, 0.1) is 0 Å². The number of rotatable bonds is 1. The number of hydrazine groups is 1. The van der Waals surface area contributed by atoms with E-state index in [1.165, 1.54) is 0 Å². The van der Waals surface area contributed by atoms with E-state index in [9.17, 15) is 4.79 Å². The minimum Gasteiger partial charge on any atom is -0.289 e. The highest BCUT2D eigenvalue weighted by molar-refractivity contribution is 5.85. The molecule has 1 aliphatic heterocycles.